The fraction of sp³-hybridized carbons (Fsp3) is 0.571. The maximum absolute atomic E-state index is 11.5. The molecule has 1 amide bonds. The molecule has 2 rings (SSSR count). The largest absolute Gasteiger partial charge is 0.384 e. The Morgan fingerprint density at radius 1 is 1.47 bits per heavy atom. The lowest BCUT2D eigenvalue weighted by atomic mass is 9.80. The van der Waals surface area contributed by atoms with Gasteiger partial charge in [-0.15, -0.1) is 0 Å². The summed E-state index contributed by atoms with van der Waals surface area (Å²) in [7, 11) is 0. The number of anilines is 2. The average molecular weight is 262 g/mol. The number of aromatic nitrogens is 1. The van der Waals surface area contributed by atoms with Crippen LogP contribution in [-0.4, -0.2) is 24.0 Å². The highest BCUT2D eigenvalue weighted by Crippen LogP contribution is 2.36. The van der Waals surface area contributed by atoms with Crippen molar-refractivity contribution in [3.63, 3.8) is 0 Å². The maximum Gasteiger partial charge on any atom is 0.251 e. The average Bonchev–Trinajstić information content (AvgIpc) is 2.77. The van der Waals surface area contributed by atoms with Gasteiger partial charge in [0.1, 0.15) is 5.82 Å². The smallest absolute Gasteiger partial charge is 0.251 e. The summed E-state index contributed by atoms with van der Waals surface area (Å²) in [6.45, 7) is 8.59. The van der Waals surface area contributed by atoms with Crippen LogP contribution in [-0.2, 0) is 0 Å². The molecule has 0 radical (unpaired) electrons. The second-order valence-electron chi connectivity index (χ2n) is 6.29. The number of hydrogen-bond acceptors (Lipinski definition) is 4. The van der Waals surface area contributed by atoms with E-state index in [4.69, 9.17) is 11.5 Å². The third-order valence-corrected chi connectivity index (χ3v) is 3.92. The van der Waals surface area contributed by atoms with E-state index in [2.05, 4.69) is 30.7 Å². The van der Waals surface area contributed by atoms with Gasteiger partial charge in [0, 0.05) is 13.1 Å². The highest BCUT2D eigenvalue weighted by molar-refractivity contribution is 5.99. The first kappa shape index (κ1) is 13.6. The molecule has 5 heteroatoms. The summed E-state index contributed by atoms with van der Waals surface area (Å²) in [4.78, 5) is 17.8. The van der Waals surface area contributed by atoms with E-state index in [0.717, 1.165) is 25.2 Å². The van der Waals surface area contributed by atoms with E-state index in [-0.39, 0.29) is 5.41 Å². The Morgan fingerprint density at radius 2 is 2.16 bits per heavy atom. The Hall–Kier alpha value is -1.78. The molecule has 1 aliphatic heterocycles. The van der Waals surface area contributed by atoms with Gasteiger partial charge in [0.15, 0.2) is 0 Å². The quantitative estimate of drug-likeness (QED) is 0.848. The Morgan fingerprint density at radius 3 is 2.68 bits per heavy atom. The van der Waals surface area contributed by atoms with Crippen molar-refractivity contribution < 1.29 is 4.79 Å². The van der Waals surface area contributed by atoms with E-state index in [9.17, 15) is 4.79 Å². The molecular formula is C14H22N4O. The summed E-state index contributed by atoms with van der Waals surface area (Å²) < 4.78 is 0. The zero-order chi connectivity index (χ0) is 14.2. The highest BCUT2D eigenvalue weighted by Gasteiger charge is 2.33. The van der Waals surface area contributed by atoms with Gasteiger partial charge < -0.3 is 16.4 Å². The van der Waals surface area contributed by atoms with Gasteiger partial charge in [-0.3, -0.25) is 4.79 Å². The molecule has 1 aromatic rings. The fourth-order valence-corrected chi connectivity index (χ4v) is 2.60. The summed E-state index contributed by atoms with van der Waals surface area (Å²) in [6.07, 6.45) is 2.77. The molecule has 4 N–H and O–H groups in total. The highest BCUT2D eigenvalue weighted by atomic mass is 16.1. The molecule has 1 atom stereocenters. The Kier molecular flexibility index (Phi) is 3.39. The van der Waals surface area contributed by atoms with Crippen LogP contribution in [0, 0.1) is 11.3 Å². The molecule has 1 saturated heterocycles. The Bertz CT molecular complexity index is 493. The van der Waals surface area contributed by atoms with Crippen LogP contribution in [0.15, 0.2) is 12.3 Å². The minimum atomic E-state index is -0.455. The number of nitrogens with two attached hydrogens (primary N) is 2. The molecule has 0 spiro atoms. The lowest BCUT2D eigenvalue weighted by molar-refractivity contribution is 0.100. The molecule has 5 nitrogen and oxygen atoms in total. The fourth-order valence-electron chi connectivity index (χ4n) is 2.60. The van der Waals surface area contributed by atoms with Gasteiger partial charge in [0.25, 0.3) is 5.91 Å². The van der Waals surface area contributed by atoms with Crippen LogP contribution in [0.3, 0.4) is 0 Å². The zero-order valence-electron chi connectivity index (χ0n) is 11.8. The monoisotopic (exact) mass is 262 g/mol. The van der Waals surface area contributed by atoms with Crippen molar-refractivity contribution in [3.05, 3.63) is 17.8 Å². The molecule has 0 aromatic carbocycles. The molecule has 0 saturated carbocycles. The first-order chi connectivity index (χ1) is 8.79. The van der Waals surface area contributed by atoms with Crippen molar-refractivity contribution in [2.75, 3.05) is 23.7 Å². The lowest BCUT2D eigenvalue weighted by Crippen LogP contribution is -2.28. The van der Waals surface area contributed by atoms with Crippen molar-refractivity contribution in [1.82, 2.24) is 4.98 Å². The lowest BCUT2D eigenvalue weighted by Gasteiger charge is -2.28. The number of hydrogen-bond donors (Lipinski definition) is 2. The Labute approximate surface area is 114 Å². The van der Waals surface area contributed by atoms with Crippen molar-refractivity contribution in [3.8, 4) is 0 Å². The van der Waals surface area contributed by atoms with E-state index in [1.807, 2.05) is 0 Å². The van der Waals surface area contributed by atoms with E-state index in [0.29, 0.717) is 17.3 Å². The van der Waals surface area contributed by atoms with Crippen molar-refractivity contribution >= 4 is 17.4 Å². The molecule has 1 fully saturated rings. The molecule has 2 heterocycles. The summed E-state index contributed by atoms with van der Waals surface area (Å²) in [5.41, 5.74) is 12.6. The van der Waals surface area contributed by atoms with Gasteiger partial charge >= 0.3 is 0 Å². The molecule has 1 unspecified atom stereocenters. The molecular weight excluding hydrogens is 240 g/mol. The number of nitrogen functional groups attached to an aromatic ring is 1. The normalized spacial score (nSPS) is 19.7. The summed E-state index contributed by atoms with van der Waals surface area (Å²) >= 11 is 0. The molecule has 1 aliphatic rings. The third-order valence-electron chi connectivity index (χ3n) is 3.92. The third kappa shape index (κ3) is 2.80. The molecule has 104 valence electrons. The standard InChI is InChI=1S/C14H22N4O/c1-14(2,3)9-4-5-18(8-9)11-7-17-12(15)6-10(11)13(16)19/h6-7,9H,4-5,8H2,1-3H3,(H2,15,17)(H2,16,19). The second kappa shape index (κ2) is 4.72. The van der Waals surface area contributed by atoms with Gasteiger partial charge in [-0.25, -0.2) is 4.98 Å². The van der Waals surface area contributed by atoms with Crippen molar-refractivity contribution in [2.45, 2.75) is 27.2 Å². The first-order valence-electron chi connectivity index (χ1n) is 6.59. The minimum absolute atomic E-state index is 0.267. The van der Waals surface area contributed by atoms with Gasteiger partial charge in [-0.1, -0.05) is 20.8 Å². The number of carbonyl (C=O) groups is 1. The van der Waals surface area contributed by atoms with Crippen molar-refractivity contribution in [2.24, 2.45) is 17.1 Å². The van der Waals surface area contributed by atoms with Crippen LogP contribution in [0.25, 0.3) is 0 Å². The summed E-state index contributed by atoms with van der Waals surface area (Å²) in [5.74, 6) is 0.471. The molecule has 0 bridgehead atoms. The minimum Gasteiger partial charge on any atom is -0.384 e. The van der Waals surface area contributed by atoms with Crippen LogP contribution in [0.5, 0.6) is 0 Å². The molecule has 0 aliphatic carbocycles. The molecule has 1 aromatic heterocycles. The van der Waals surface area contributed by atoms with Crippen LogP contribution >= 0.6 is 0 Å². The van der Waals surface area contributed by atoms with E-state index >= 15 is 0 Å². The number of primary amides is 1. The van der Waals surface area contributed by atoms with Gasteiger partial charge in [-0.2, -0.15) is 0 Å². The SMILES string of the molecule is CC(C)(C)C1CCN(c2cnc(N)cc2C(N)=O)C1. The van der Waals surface area contributed by atoms with Crippen molar-refractivity contribution in [1.29, 1.82) is 0 Å². The topological polar surface area (TPSA) is 85.2 Å². The predicted octanol–water partition coefficient (Wildman–Crippen LogP) is 1.64. The Balaban J connectivity index is 2.27. The van der Waals surface area contributed by atoms with Crippen LogP contribution in [0.1, 0.15) is 37.6 Å². The molecule has 19 heavy (non-hydrogen) atoms. The van der Waals surface area contributed by atoms with Crippen LogP contribution in [0.2, 0.25) is 0 Å². The van der Waals surface area contributed by atoms with Gasteiger partial charge in [0.05, 0.1) is 17.4 Å². The number of carbonyl (C=O) groups excluding carboxylic acids is 1. The summed E-state index contributed by atoms with van der Waals surface area (Å²) in [6, 6.07) is 1.56. The second-order valence-corrected chi connectivity index (χ2v) is 6.29. The van der Waals surface area contributed by atoms with Gasteiger partial charge in [-0.05, 0) is 23.8 Å². The van der Waals surface area contributed by atoms with Gasteiger partial charge in [0.2, 0.25) is 0 Å². The number of rotatable bonds is 2. The maximum atomic E-state index is 11.5. The number of amides is 1. The van der Waals surface area contributed by atoms with E-state index in [1.165, 1.54) is 0 Å². The first-order valence-corrected chi connectivity index (χ1v) is 6.59. The zero-order valence-corrected chi connectivity index (χ0v) is 11.8. The van der Waals surface area contributed by atoms with Crippen LogP contribution in [0.4, 0.5) is 11.5 Å². The van der Waals surface area contributed by atoms with E-state index < -0.39 is 5.91 Å². The van der Waals surface area contributed by atoms with E-state index in [1.54, 1.807) is 12.3 Å². The summed E-state index contributed by atoms with van der Waals surface area (Å²) in [5, 5.41) is 0. The number of pyridine rings is 1. The van der Waals surface area contributed by atoms with Crippen LogP contribution < -0.4 is 16.4 Å². The number of nitrogens with zero attached hydrogens (tertiary/aromatic N) is 2. The predicted molar refractivity (Wildman–Crippen MR) is 76.9 cm³/mol.